The highest BCUT2D eigenvalue weighted by Crippen LogP contribution is 2.16. The molecule has 134 valence electrons. The third-order valence-corrected chi connectivity index (χ3v) is 4.20. The molecule has 0 heterocycles. The van der Waals surface area contributed by atoms with Crippen molar-refractivity contribution in [3.05, 3.63) is 12.2 Å². The number of rotatable bonds is 14. The highest BCUT2D eigenvalue weighted by Gasteiger charge is 2.22. The highest BCUT2D eigenvalue weighted by molar-refractivity contribution is 5.82. The van der Waals surface area contributed by atoms with Gasteiger partial charge in [0, 0.05) is 19.5 Å². The molecule has 0 aliphatic heterocycles. The monoisotopic (exact) mass is 325 g/mol. The molecular formula is C19H35NO3. The zero-order valence-electron chi connectivity index (χ0n) is 15.2. The van der Waals surface area contributed by atoms with Gasteiger partial charge in [-0.2, -0.15) is 0 Å². The second kappa shape index (κ2) is 14.3. The smallest absolute Gasteiger partial charge is 0.307 e. The normalized spacial score (nSPS) is 12.5. The summed E-state index contributed by atoms with van der Waals surface area (Å²) in [6.45, 7) is 7.33. The molecule has 0 fully saturated rings. The minimum Gasteiger partial charge on any atom is -0.481 e. The van der Waals surface area contributed by atoms with Gasteiger partial charge in [0.15, 0.2) is 0 Å². The van der Waals surface area contributed by atoms with Gasteiger partial charge in [-0.05, 0) is 46.0 Å². The van der Waals surface area contributed by atoms with E-state index in [0.717, 1.165) is 25.7 Å². The van der Waals surface area contributed by atoms with E-state index >= 15 is 0 Å². The summed E-state index contributed by atoms with van der Waals surface area (Å²) in [6.07, 6.45) is 12.9. The molecule has 0 aromatic heterocycles. The standard InChI is InChI=1S/C19H35NO3/c1-4-7-8-9-10-11-12-13-14-15-17(19(22)23)16-18(21)20(5-2)6-3/h10-11,17H,4-9,12-16H2,1-3H3,(H,22,23)/b11-10+. The van der Waals surface area contributed by atoms with E-state index in [2.05, 4.69) is 19.1 Å². The molecule has 4 heteroatoms. The SMILES string of the molecule is CCCCC/C=C/CCCCC(CC(=O)N(CC)CC)C(=O)O. The minimum absolute atomic E-state index is 0.0433. The number of aliphatic carboxylic acids is 1. The Kier molecular flexibility index (Phi) is 13.5. The van der Waals surface area contributed by atoms with E-state index in [1.165, 1.54) is 19.3 Å². The van der Waals surface area contributed by atoms with E-state index in [4.69, 9.17) is 0 Å². The van der Waals surface area contributed by atoms with Gasteiger partial charge in [-0.25, -0.2) is 0 Å². The van der Waals surface area contributed by atoms with E-state index in [1.807, 2.05) is 13.8 Å². The van der Waals surface area contributed by atoms with Gasteiger partial charge in [-0.15, -0.1) is 0 Å². The van der Waals surface area contributed by atoms with Crippen LogP contribution >= 0.6 is 0 Å². The van der Waals surface area contributed by atoms with Crippen LogP contribution in [0.4, 0.5) is 0 Å². The molecule has 0 radical (unpaired) electrons. The van der Waals surface area contributed by atoms with Crippen LogP contribution in [-0.4, -0.2) is 35.0 Å². The van der Waals surface area contributed by atoms with Gasteiger partial charge in [0.2, 0.25) is 5.91 Å². The molecule has 0 aliphatic rings. The third-order valence-electron chi connectivity index (χ3n) is 4.20. The predicted molar refractivity (Wildman–Crippen MR) is 95.4 cm³/mol. The molecular weight excluding hydrogens is 290 g/mol. The summed E-state index contributed by atoms with van der Waals surface area (Å²) < 4.78 is 0. The van der Waals surface area contributed by atoms with Gasteiger partial charge in [-0.3, -0.25) is 9.59 Å². The number of hydrogen-bond acceptors (Lipinski definition) is 2. The van der Waals surface area contributed by atoms with Crippen molar-refractivity contribution in [2.24, 2.45) is 5.92 Å². The predicted octanol–water partition coefficient (Wildman–Crippen LogP) is 4.64. The number of carboxylic acids is 1. The lowest BCUT2D eigenvalue weighted by Crippen LogP contribution is -2.33. The summed E-state index contributed by atoms with van der Waals surface area (Å²) >= 11 is 0. The number of carbonyl (C=O) groups excluding carboxylic acids is 1. The van der Waals surface area contributed by atoms with Crippen LogP contribution in [-0.2, 0) is 9.59 Å². The summed E-state index contributed by atoms with van der Waals surface area (Å²) in [5, 5.41) is 9.29. The number of unbranched alkanes of at least 4 members (excludes halogenated alkanes) is 5. The summed E-state index contributed by atoms with van der Waals surface area (Å²) in [6, 6.07) is 0. The van der Waals surface area contributed by atoms with E-state index < -0.39 is 11.9 Å². The van der Waals surface area contributed by atoms with Crippen molar-refractivity contribution in [2.75, 3.05) is 13.1 Å². The van der Waals surface area contributed by atoms with Crippen molar-refractivity contribution < 1.29 is 14.7 Å². The topological polar surface area (TPSA) is 57.6 Å². The van der Waals surface area contributed by atoms with Crippen molar-refractivity contribution in [3.63, 3.8) is 0 Å². The Bertz CT molecular complexity index is 349. The second-order valence-corrected chi connectivity index (χ2v) is 6.06. The van der Waals surface area contributed by atoms with Crippen LogP contribution in [0.2, 0.25) is 0 Å². The van der Waals surface area contributed by atoms with Crippen LogP contribution in [0.25, 0.3) is 0 Å². The average Bonchev–Trinajstić information content (AvgIpc) is 2.53. The molecule has 1 amide bonds. The average molecular weight is 325 g/mol. The lowest BCUT2D eigenvalue weighted by atomic mass is 9.97. The Morgan fingerprint density at radius 3 is 2.00 bits per heavy atom. The summed E-state index contributed by atoms with van der Waals surface area (Å²) in [7, 11) is 0. The molecule has 0 aromatic carbocycles. The first kappa shape index (κ1) is 21.7. The number of nitrogens with zero attached hydrogens (tertiary/aromatic N) is 1. The lowest BCUT2D eigenvalue weighted by molar-refractivity contribution is -0.146. The highest BCUT2D eigenvalue weighted by atomic mass is 16.4. The maximum Gasteiger partial charge on any atom is 0.307 e. The zero-order valence-corrected chi connectivity index (χ0v) is 15.2. The van der Waals surface area contributed by atoms with Crippen molar-refractivity contribution in [3.8, 4) is 0 Å². The van der Waals surface area contributed by atoms with Crippen molar-refractivity contribution in [2.45, 2.75) is 78.6 Å². The summed E-state index contributed by atoms with van der Waals surface area (Å²) in [4.78, 5) is 25.1. The molecule has 1 atom stereocenters. The van der Waals surface area contributed by atoms with Gasteiger partial charge in [0.25, 0.3) is 0 Å². The van der Waals surface area contributed by atoms with Crippen molar-refractivity contribution in [1.82, 2.24) is 4.90 Å². The largest absolute Gasteiger partial charge is 0.481 e. The molecule has 0 rings (SSSR count). The zero-order chi connectivity index (χ0) is 17.5. The lowest BCUT2D eigenvalue weighted by Gasteiger charge is -2.21. The molecule has 1 unspecified atom stereocenters. The second-order valence-electron chi connectivity index (χ2n) is 6.06. The fourth-order valence-electron chi connectivity index (χ4n) is 2.63. The number of hydrogen-bond donors (Lipinski definition) is 1. The maximum atomic E-state index is 12.0. The molecule has 0 bridgehead atoms. The van der Waals surface area contributed by atoms with Gasteiger partial charge in [-0.1, -0.05) is 38.3 Å². The van der Waals surface area contributed by atoms with Crippen molar-refractivity contribution >= 4 is 11.9 Å². The Labute approximate surface area is 141 Å². The van der Waals surface area contributed by atoms with Crippen LogP contribution < -0.4 is 0 Å². The molecule has 0 aliphatic carbocycles. The fourth-order valence-corrected chi connectivity index (χ4v) is 2.63. The first-order valence-electron chi connectivity index (χ1n) is 9.22. The van der Waals surface area contributed by atoms with Crippen LogP contribution in [0, 0.1) is 5.92 Å². The quantitative estimate of drug-likeness (QED) is 0.374. The molecule has 1 N–H and O–H groups in total. The Morgan fingerprint density at radius 2 is 1.52 bits per heavy atom. The summed E-state index contributed by atoms with van der Waals surface area (Å²) in [5.41, 5.74) is 0. The maximum absolute atomic E-state index is 12.0. The molecule has 23 heavy (non-hydrogen) atoms. The van der Waals surface area contributed by atoms with Crippen LogP contribution in [0.3, 0.4) is 0 Å². The molecule has 0 saturated carbocycles. The Balaban J connectivity index is 3.97. The van der Waals surface area contributed by atoms with Crippen LogP contribution in [0.5, 0.6) is 0 Å². The third kappa shape index (κ3) is 10.9. The van der Waals surface area contributed by atoms with E-state index in [1.54, 1.807) is 4.90 Å². The van der Waals surface area contributed by atoms with Gasteiger partial charge in [0.05, 0.1) is 5.92 Å². The number of allylic oxidation sites excluding steroid dienone is 2. The van der Waals surface area contributed by atoms with E-state index in [9.17, 15) is 14.7 Å². The van der Waals surface area contributed by atoms with Gasteiger partial charge < -0.3 is 10.0 Å². The first-order valence-corrected chi connectivity index (χ1v) is 9.22. The molecule has 4 nitrogen and oxygen atoms in total. The molecule has 0 spiro atoms. The van der Waals surface area contributed by atoms with E-state index in [-0.39, 0.29) is 12.3 Å². The Morgan fingerprint density at radius 1 is 0.957 bits per heavy atom. The number of amides is 1. The van der Waals surface area contributed by atoms with Crippen LogP contribution in [0.1, 0.15) is 78.6 Å². The first-order chi connectivity index (χ1) is 11.1. The van der Waals surface area contributed by atoms with E-state index in [0.29, 0.717) is 19.5 Å². The van der Waals surface area contributed by atoms with Gasteiger partial charge in [0.1, 0.15) is 0 Å². The minimum atomic E-state index is -0.847. The molecule has 0 aromatic rings. The van der Waals surface area contributed by atoms with Crippen LogP contribution in [0.15, 0.2) is 12.2 Å². The molecule has 0 saturated heterocycles. The van der Waals surface area contributed by atoms with Crippen molar-refractivity contribution in [1.29, 1.82) is 0 Å². The number of carboxylic acid groups (broad SMARTS) is 1. The number of carbonyl (C=O) groups is 2. The Hall–Kier alpha value is -1.32. The van der Waals surface area contributed by atoms with Gasteiger partial charge >= 0.3 is 5.97 Å². The fraction of sp³-hybridized carbons (Fsp3) is 0.789. The summed E-state index contributed by atoms with van der Waals surface area (Å²) in [5.74, 6) is -1.43.